The van der Waals surface area contributed by atoms with Crippen molar-refractivity contribution in [3.8, 4) is 0 Å². The zero-order valence-electron chi connectivity index (χ0n) is 13.0. The van der Waals surface area contributed by atoms with E-state index in [-0.39, 0.29) is 17.9 Å². The van der Waals surface area contributed by atoms with Crippen molar-refractivity contribution in [3.05, 3.63) is 29.8 Å². The van der Waals surface area contributed by atoms with Gasteiger partial charge in [0.15, 0.2) is 0 Å². The average Bonchev–Trinajstić information content (AvgIpc) is 2.98. The van der Waals surface area contributed by atoms with E-state index in [1.165, 1.54) is 5.56 Å². The Morgan fingerprint density at radius 3 is 2.64 bits per heavy atom. The van der Waals surface area contributed by atoms with Crippen molar-refractivity contribution in [3.63, 3.8) is 0 Å². The molecule has 22 heavy (non-hydrogen) atoms. The van der Waals surface area contributed by atoms with Crippen LogP contribution in [-0.2, 0) is 16.0 Å². The van der Waals surface area contributed by atoms with Crippen LogP contribution in [0.5, 0.6) is 0 Å². The van der Waals surface area contributed by atoms with E-state index in [1.807, 2.05) is 23.1 Å². The van der Waals surface area contributed by atoms with Crippen LogP contribution in [0.4, 0.5) is 10.5 Å². The van der Waals surface area contributed by atoms with E-state index in [1.54, 1.807) is 11.8 Å². The molecule has 2 aliphatic rings. The maximum absolute atomic E-state index is 12.8. The van der Waals surface area contributed by atoms with E-state index in [9.17, 15) is 9.59 Å². The summed E-state index contributed by atoms with van der Waals surface area (Å²) in [5.41, 5.74) is 2.31. The predicted octanol–water partition coefficient (Wildman–Crippen LogP) is 2.44. The molecule has 118 valence electrons. The molecule has 0 aliphatic carbocycles. The number of hydrogen-bond acceptors (Lipinski definition) is 3. The summed E-state index contributed by atoms with van der Waals surface area (Å²) in [7, 11) is 0. The van der Waals surface area contributed by atoms with E-state index in [0.29, 0.717) is 19.7 Å². The van der Waals surface area contributed by atoms with E-state index >= 15 is 0 Å². The van der Waals surface area contributed by atoms with Crippen molar-refractivity contribution in [1.29, 1.82) is 0 Å². The maximum atomic E-state index is 12.8. The first kappa shape index (κ1) is 14.9. The first-order valence-corrected chi connectivity index (χ1v) is 8.01. The molecule has 0 unspecified atom stereocenters. The molecule has 5 heteroatoms. The van der Waals surface area contributed by atoms with Gasteiger partial charge in [-0.25, -0.2) is 4.79 Å². The fraction of sp³-hybridized carbons (Fsp3) is 0.529. The Labute approximate surface area is 130 Å². The Morgan fingerprint density at radius 1 is 1.18 bits per heavy atom. The number of fused-ring (bicyclic) bond motifs is 1. The molecule has 0 radical (unpaired) electrons. The molecule has 5 nitrogen and oxygen atoms in total. The molecule has 1 aromatic carbocycles. The molecule has 0 bridgehead atoms. The highest BCUT2D eigenvalue weighted by atomic mass is 16.6. The van der Waals surface area contributed by atoms with Gasteiger partial charge >= 0.3 is 6.09 Å². The minimum absolute atomic E-state index is 0.0110. The van der Waals surface area contributed by atoms with Gasteiger partial charge < -0.3 is 14.5 Å². The van der Waals surface area contributed by atoms with Gasteiger partial charge in [-0.2, -0.15) is 0 Å². The number of carbonyl (C=O) groups excluding carboxylic acids is 2. The second kappa shape index (κ2) is 6.38. The number of ether oxygens (including phenoxy) is 1. The summed E-state index contributed by atoms with van der Waals surface area (Å²) < 4.78 is 5.01. The number of para-hydroxylation sites is 1. The van der Waals surface area contributed by atoms with Crippen molar-refractivity contribution in [1.82, 2.24) is 4.90 Å². The van der Waals surface area contributed by atoms with Crippen molar-refractivity contribution in [2.24, 2.45) is 5.92 Å². The van der Waals surface area contributed by atoms with Crippen LogP contribution in [0.15, 0.2) is 24.3 Å². The number of piperidine rings is 1. The molecule has 2 amide bonds. The fourth-order valence-corrected chi connectivity index (χ4v) is 3.31. The van der Waals surface area contributed by atoms with Gasteiger partial charge in [-0.1, -0.05) is 18.2 Å². The summed E-state index contributed by atoms with van der Waals surface area (Å²) in [5.74, 6) is 0.213. The minimum atomic E-state index is -0.264. The minimum Gasteiger partial charge on any atom is -0.450 e. The lowest BCUT2D eigenvalue weighted by molar-refractivity contribution is -0.123. The van der Waals surface area contributed by atoms with E-state index in [2.05, 4.69) is 6.07 Å². The van der Waals surface area contributed by atoms with Gasteiger partial charge in [0.05, 0.1) is 6.61 Å². The molecule has 0 aromatic heterocycles. The van der Waals surface area contributed by atoms with Crippen LogP contribution >= 0.6 is 0 Å². The number of carbonyl (C=O) groups is 2. The van der Waals surface area contributed by atoms with Gasteiger partial charge in [-0.15, -0.1) is 0 Å². The highest BCUT2D eigenvalue weighted by Crippen LogP contribution is 2.31. The number of benzene rings is 1. The monoisotopic (exact) mass is 302 g/mol. The van der Waals surface area contributed by atoms with Crippen LogP contribution in [0.3, 0.4) is 0 Å². The first-order chi connectivity index (χ1) is 10.7. The third-order valence-corrected chi connectivity index (χ3v) is 4.52. The summed E-state index contributed by atoms with van der Waals surface area (Å²) in [4.78, 5) is 28.1. The highest BCUT2D eigenvalue weighted by Gasteiger charge is 2.33. The predicted molar refractivity (Wildman–Crippen MR) is 83.8 cm³/mol. The van der Waals surface area contributed by atoms with Crippen LogP contribution in [0.1, 0.15) is 25.3 Å². The molecule has 0 saturated carbocycles. The van der Waals surface area contributed by atoms with Crippen molar-refractivity contribution in [2.75, 3.05) is 31.1 Å². The summed E-state index contributed by atoms with van der Waals surface area (Å²) in [5, 5.41) is 0. The van der Waals surface area contributed by atoms with Gasteiger partial charge in [0.25, 0.3) is 0 Å². The van der Waals surface area contributed by atoms with Crippen LogP contribution in [0.25, 0.3) is 0 Å². The lowest BCUT2D eigenvalue weighted by Crippen LogP contribution is -2.44. The largest absolute Gasteiger partial charge is 0.450 e. The molecule has 2 heterocycles. The maximum Gasteiger partial charge on any atom is 0.409 e. The summed E-state index contributed by atoms with van der Waals surface area (Å²) >= 11 is 0. The van der Waals surface area contributed by atoms with E-state index < -0.39 is 0 Å². The quantitative estimate of drug-likeness (QED) is 0.843. The molecule has 3 rings (SSSR count). The topological polar surface area (TPSA) is 49.9 Å². The number of rotatable bonds is 2. The van der Waals surface area contributed by atoms with E-state index in [0.717, 1.165) is 31.5 Å². The van der Waals surface area contributed by atoms with Crippen LogP contribution in [-0.4, -0.2) is 43.1 Å². The zero-order chi connectivity index (χ0) is 15.5. The fourth-order valence-electron chi connectivity index (χ4n) is 3.31. The van der Waals surface area contributed by atoms with Gasteiger partial charge in [-0.3, -0.25) is 4.79 Å². The molecular weight excluding hydrogens is 280 g/mol. The molecular formula is C17H22N2O3. The van der Waals surface area contributed by atoms with E-state index in [4.69, 9.17) is 4.74 Å². The average molecular weight is 302 g/mol. The lowest BCUT2D eigenvalue weighted by Gasteiger charge is -2.32. The zero-order valence-corrected chi connectivity index (χ0v) is 13.0. The molecule has 0 spiro atoms. The third kappa shape index (κ3) is 2.80. The Morgan fingerprint density at radius 2 is 1.91 bits per heavy atom. The smallest absolute Gasteiger partial charge is 0.409 e. The van der Waals surface area contributed by atoms with Crippen molar-refractivity contribution < 1.29 is 14.3 Å². The summed E-state index contributed by atoms with van der Waals surface area (Å²) in [6, 6.07) is 8.11. The number of likely N-dealkylation sites (tertiary alicyclic amines) is 1. The number of amides is 2. The number of hydrogen-bond donors (Lipinski definition) is 0. The first-order valence-electron chi connectivity index (χ1n) is 8.01. The lowest BCUT2D eigenvalue weighted by atomic mass is 9.95. The second-order valence-corrected chi connectivity index (χ2v) is 5.83. The second-order valence-electron chi connectivity index (χ2n) is 5.83. The van der Waals surface area contributed by atoms with Crippen LogP contribution in [0.2, 0.25) is 0 Å². The van der Waals surface area contributed by atoms with Gasteiger partial charge in [0.1, 0.15) is 0 Å². The summed E-state index contributed by atoms with van der Waals surface area (Å²) in [6.45, 7) is 4.17. The standard InChI is InChI=1S/C17H22N2O3/c1-2-22-17(21)18-10-7-14(8-11-18)16(20)19-12-9-13-5-3-4-6-15(13)19/h3-6,14H,2,7-12H2,1H3. The Hall–Kier alpha value is -2.04. The van der Waals surface area contributed by atoms with Gasteiger partial charge in [-0.05, 0) is 37.8 Å². The Balaban J connectivity index is 1.60. The molecule has 1 aromatic rings. The van der Waals surface area contributed by atoms with Gasteiger partial charge in [0.2, 0.25) is 5.91 Å². The Kier molecular flexibility index (Phi) is 4.32. The molecule has 2 aliphatic heterocycles. The molecule has 0 atom stereocenters. The highest BCUT2D eigenvalue weighted by molar-refractivity contribution is 5.97. The summed E-state index contributed by atoms with van der Waals surface area (Å²) in [6.07, 6.45) is 2.11. The third-order valence-electron chi connectivity index (χ3n) is 4.52. The van der Waals surface area contributed by atoms with Gasteiger partial charge in [0, 0.05) is 31.2 Å². The van der Waals surface area contributed by atoms with Crippen molar-refractivity contribution >= 4 is 17.7 Å². The SMILES string of the molecule is CCOC(=O)N1CCC(C(=O)N2CCc3ccccc32)CC1. The number of anilines is 1. The number of nitrogens with zero attached hydrogens (tertiary/aromatic N) is 2. The molecule has 1 fully saturated rings. The van der Waals surface area contributed by atoms with Crippen LogP contribution in [0, 0.1) is 5.92 Å². The van der Waals surface area contributed by atoms with Crippen molar-refractivity contribution in [2.45, 2.75) is 26.2 Å². The normalized spacial score (nSPS) is 18.2. The molecule has 1 saturated heterocycles. The Bertz CT molecular complexity index is 565. The molecule has 0 N–H and O–H groups in total. The van der Waals surface area contributed by atoms with Crippen LogP contribution < -0.4 is 4.90 Å².